The van der Waals surface area contributed by atoms with Crippen LogP contribution in [0.15, 0.2) is 70.6 Å². The summed E-state index contributed by atoms with van der Waals surface area (Å²) in [6.45, 7) is 0. The van der Waals surface area contributed by atoms with Crippen molar-refractivity contribution < 1.29 is 4.79 Å². The number of alkyl halides is 1. The number of aromatic nitrogens is 2. The van der Waals surface area contributed by atoms with Gasteiger partial charge in [0.15, 0.2) is 0 Å². The molecule has 0 aliphatic rings. The van der Waals surface area contributed by atoms with Crippen molar-refractivity contribution in [3.05, 3.63) is 76.6 Å². The molecule has 0 bridgehead atoms. The summed E-state index contributed by atoms with van der Waals surface area (Å²) in [6, 6.07) is 17.6. The lowest BCUT2D eigenvalue weighted by Crippen LogP contribution is -2.28. The number of carbonyl (C=O) groups is 1. The number of rotatable bonds is 5. The Kier molecular flexibility index (Phi) is 5.19. The molecule has 7 nitrogen and oxygen atoms in total. The molecule has 26 heavy (non-hydrogen) atoms. The van der Waals surface area contributed by atoms with Gasteiger partial charge in [-0.25, -0.2) is 14.9 Å². The Morgan fingerprint density at radius 2 is 1.73 bits per heavy atom. The maximum Gasteiger partial charge on any atom is 0.332 e. The molecule has 3 rings (SSSR count). The molecule has 0 unspecified atom stereocenters. The lowest BCUT2D eigenvalue weighted by atomic mass is 10.1. The minimum absolute atomic E-state index is 0.0814. The fraction of sp³-hybridized carbons (Fsp3) is 0.0556. The number of nitrogens with two attached hydrogens (primary N) is 1. The zero-order chi connectivity index (χ0) is 18.5. The highest BCUT2D eigenvalue weighted by molar-refractivity contribution is 6.32. The highest BCUT2D eigenvalue weighted by Crippen LogP contribution is 2.21. The summed E-state index contributed by atoms with van der Waals surface area (Å²) in [5.41, 5.74) is 9.33. The molecule has 4 N–H and O–H groups in total. The van der Waals surface area contributed by atoms with Crippen LogP contribution in [-0.2, 0) is 0 Å². The smallest absolute Gasteiger partial charge is 0.332 e. The molecule has 2 amide bonds. The molecule has 0 spiro atoms. The number of amides is 2. The molecule has 1 heterocycles. The molecule has 0 radical (unpaired) electrons. The van der Waals surface area contributed by atoms with Crippen molar-refractivity contribution in [3.63, 3.8) is 0 Å². The molecule has 2 aromatic carbocycles. The minimum Gasteiger partial charge on any atom is -0.350 e. The van der Waals surface area contributed by atoms with E-state index in [1.54, 1.807) is 12.1 Å². The van der Waals surface area contributed by atoms with E-state index in [0.29, 0.717) is 11.4 Å². The Bertz CT molecular complexity index is 993. The van der Waals surface area contributed by atoms with Gasteiger partial charge in [0.25, 0.3) is 5.56 Å². The van der Waals surface area contributed by atoms with Crippen LogP contribution in [0.25, 0.3) is 16.9 Å². The van der Waals surface area contributed by atoms with Gasteiger partial charge in [0.05, 0.1) is 28.5 Å². The number of hydrazone groups is 1. The second-order valence-electron chi connectivity index (χ2n) is 5.37. The fourth-order valence-electron chi connectivity index (χ4n) is 2.55. The number of nitrogens with one attached hydrogen (secondary N) is 2. The number of hydrogen-bond donors (Lipinski definition) is 3. The average Bonchev–Trinajstić information content (AvgIpc) is 3.01. The molecule has 8 heteroatoms. The van der Waals surface area contributed by atoms with Gasteiger partial charge in [0.2, 0.25) is 0 Å². The summed E-state index contributed by atoms with van der Waals surface area (Å²) in [5, 5.41) is 7.00. The third-order valence-electron chi connectivity index (χ3n) is 3.68. The molecular weight excluding hydrogens is 354 g/mol. The number of aromatic amines is 1. The maximum atomic E-state index is 13.1. The van der Waals surface area contributed by atoms with Crippen LogP contribution in [0.3, 0.4) is 0 Å². The second kappa shape index (κ2) is 7.71. The number of primary amides is 1. The average molecular weight is 370 g/mol. The highest BCUT2D eigenvalue weighted by atomic mass is 35.5. The van der Waals surface area contributed by atoms with Gasteiger partial charge < -0.3 is 5.73 Å². The Morgan fingerprint density at radius 1 is 1.12 bits per heavy atom. The first kappa shape index (κ1) is 17.5. The third-order valence-corrected chi connectivity index (χ3v) is 3.94. The molecule has 1 aromatic heterocycles. The molecule has 132 valence electrons. The Labute approximate surface area is 154 Å². The number of nitrogens with zero attached hydrogens (tertiary/aromatic N) is 2. The fourth-order valence-corrected chi connectivity index (χ4v) is 2.75. The largest absolute Gasteiger partial charge is 0.350 e. The molecule has 3 aromatic rings. The number of hydrogen-bond acceptors (Lipinski definition) is 3. The van der Waals surface area contributed by atoms with Gasteiger partial charge in [-0.1, -0.05) is 48.5 Å². The van der Waals surface area contributed by atoms with Crippen LogP contribution in [0.1, 0.15) is 5.56 Å². The van der Waals surface area contributed by atoms with E-state index in [0.717, 1.165) is 5.56 Å². The Morgan fingerprint density at radius 3 is 2.31 bits per heavy atom. The standard InChI is InChI=1S/C18H16ClN5O2/c19-11-14(21-22-18(20)26)15-16(12-7-3-1-4-8-12)23-24(17(15)25)13-9-5-2-6-10-13/h1-10,23H,11H2,(H3,20,22,26)/b21-14+. The molecule has 0 aliphatic heterocycles. The maximum absolute atomic E-state index is 13.1. The van der Waals surface area contributed by atoms with Crippen LogP contribution in [0.2, 0.25) is 0 Å². The second-order valence-corrected chi connectivity index (χ2v) is 5.64. The van der Waals surface area contributed by atoms with Crippen molar-refractivity contribution in [3.8, 4) is 16.9 Å². The first-order chi connectivity index (χ1) is 12.6. The lowest BCUT2D eigenvalue weighted by molar-refractivity contribution is 0.249. The first-order valence-electron chi connectivity index (χ1n) is 7.76. The number of halogens is 1. The van der Waals surface area contributed by atoms with E-state index in [4.69, 9.17) is 17.3 Å². The van der Waals surface area contributed by atoms with Crippen LogP contribution in [0.4, 0.5) is 4.79 Å². The monoisotopic (exact) mass is 369 g/mol. The molecule has 0 fully saturated rings. The molecule has 0 aliphatic carbocycles. The van der Waals surface area contributed by atoms with E-state index in [1.165, 1.54) is 4.68 Å². The van der Waals surface area contributed by atoms with E-state index >= 15 is 0 Å². The van der Waals surface area contributed by atoms with Crippen molar-refractivity contribution in [1.82, 2.24) is 15.2 Å². The van der Waals surface area contributed by atoms with Crippen molar-refractivity contribution in [2.24, 2.45) is 10.8 Å². The number of carbonyl (C=O) groups excluding carboxylic acids is 1. The number of H-pyrrole nitrogens is 1. The molecule has 0 atom stereocenters. The lowest BCUT2D eigenvalue weighted by Gasteiger charge is -2.04. The van der Waals surface area contributed by atoms with Crippen LogP contribution < -0.4 is 16.7 Å². The number of para-hydroxylation sites is 1. The van der Waals surface area contributed by atoms with Crippen molar-refractivity contribution in [1.29, 1.82) is 0 Å². The Hall–Kier alpha value is -3.32. The first-order valence-corrected chi connectivity index (χ1v) is 8.29. The molecular formula is C18H16ClN5O2. The summed E-state index contributed by atoms with van der Waals surface area (Å²) >= 11 is 5.99. The van der Waals surface area contributed by atoms with Gasteiger partial charge in [-0.2, -0.15) is 5.10 Å². The van der Waals surface area contributed by atoms with E-state index in [2.05, 4.69) is 15.6 Å². The van der Waals surface area contributed by atoms with Crippen LogP contribution in [-0.4, -0.2) is 27.4 Å². The minimum atomic E-state index is -0.840. The summed E-state index contributed by atoms with van der Waals surface area (Å²) in [4.78, 5) is 24.0. The van der Waals surface area contributed by atoms with Gasteiger partial charge in [0, 0.05) is 5.56 Å². The zero-order valence-corrected chi connectivity index (χ0v) is 14.4. The van der Waals surface area contributed by atoms with E-state index in [9.17, 15) is 9.59 Å². The van der Waals surface area contributed by atoms with Crippen molar-refractivity contribution in [2.75, 3.05) is 5.88 Å². The van der Waals surface area contributed by atoms with Crippen LogP contribution in [0, 0.1) is 0 Å². The van der Waals surface area contributed by atoms with E-state index in [1.807, 2.05) is 48.5 Å². The SMILES string of the molecule is NC(=O)N/N=C(\CCl)c1c(-c2ccccc2)[nH]n(-c2ccccc2)c1=O. The quantitative estimate of drug-likeness (QED) is 0.365. The van der Waals surface area contributed by atoms with Crippen molar-refractivity contribution >= 4 is 23.3 Å². The number of urea groups is 1. The van der Waals surface area contributed by atoms with E-state index < -0.39 is 6.03 Å². The predicted octanol–water partition coefficient (Wildman–Crippen LogP) is 2.44. The predicted molar refractivity (Wildman–Crippen MR) is 102 cm³/mol. The molecule has 0 saturated carbocycles. The van der Waals surface area contributed by atoms with Gasteiger partial charge in [0.1, 0.15) is 0 Å². The summed E-state index contributed by atoms with van der Waals surface area (Å²) in [7, 11) is 0. The molecule has 0 saturated heterocycles. The summed E-state index contributed by atoms with van der Waals surface area (Å²) in [5.74, 6) is -0.0814. The van der Waals surface area contributed by atoms with Crippen LogP contribution >= 0.6 is 11.6 Å². The van der Waals surface area contributed by atoms with Crippen molar-refractivity contribution in [2.45, 2.75) is 0 Å². The van der Waals surface area contributed by atoms with Gasteiger partial charge >= 0.3 is 6.03 Å². The normalized spacial score (nSPS) is 11.3. The summed E-state index contributed by atoms with van der Waals surface area (Å²) in [6.07, 6.45) is 0. The van der Waals surface area contributed by atoms with Gasteiger partial charge in [-0.15, -0.1) is 11.6 Å². The highest BCUT2D eigenvalue weighted by Gasteiger charge is 2.21. The summed E-state index contributed by atoms with van der Waals surface area (Å²) < 4.78 is 1.41. The zero-order valence-electron chi connectivity index (χ0n) is 13.6. The van der Waals surface area contributed by atoms with Gasteiger partial charge in [-0.3, -0.25) is 9.89 Å². The third kappa shape index (κ3) is 3.52. The van der Waals surface area contributed by atoms with Gasteiger partial charge in [-0.05, 0) is 12.1 Å². The number of benzene rings is 2. The van der Waals surface area contributed by atoms with Crippen LogP contribution in [0.5, 0.6) is 0 Å². The topological polar surface area (TPSA) is 105 Å². The Balaban J connectivity index is 2.24. The van der Waals surface area contributed by atoms with E-state index in [-0.39, 0.29) is 22.7 Å².